The topological polar surface area (TPSA) is 54.4 Å². The molecule has 0 bridgehead atoms. The van der Waals surface area contributed by atoms with E-state index in [2.05, 4.69) is 22.5 Å². The van der Waals surface area contributed by atoms with Gasteiger partial charge in [-0.1, -0.05) is 12.2 Å². The van der Waals surface area contributed by atoms with E-state index in [1.807, 2.05) is 12.3 Å². The lowest BCUT2D eigenvalue weighted by Crippen LogP contribution is -2.17. The second-order valence-electron chi connectivity index (χ2n) is 5.11. The number of benzene rings is 1. The number of aromatic hydroxyl groups is 1. The van der Waals surface area contributed by atoms with E-state index in [0.29, 0.717) is 17.5 Å². The molecule has 2 aromatic rings. The maximum absolute atomic E-state index is 9.26. The highest BCUT2D eigenvalue weighted by Crippen LogP contribution is 2.23. The first-order valence-corrected chi connectivity index (χ1v) is 7.13. The summed E-state index contributed by atoms with van der Waals surface area (Å²) in [6.45, 7) is 1.09. The highest BCUT2D eigenvalue weighted by molar-refractivity contribution is 5.51. The van der Waals surface area contributed by atoms with Crippen LogP contribution in [0.4, 0.5) is 0 Å². The van der Waals surface area contributed by atoms with Crippen molar-refractivity contribution in [1.82, 2.24) is 10.3 Å². The molecule has 1 saturated heterocycles. The fourth-order valence-electron chi connectivity index (χ4n) is 2.34. The van der Waals surface area contributed by atoms with E-state index in [1.54, 1.807) is 30.5 Å². The van der Waals surface area contributed by atoms with Gasteiger partial charge in [0.2, 0.25) is 0 Å². The molecule has 2 N–H and O–H groups in total. The number of ether oxygens (including phenoxy) is 1. The molecule has 2 heterocycles. The third kappa shape index (κ3) is 3.83. The van der Waals surface area contributed by atoms with Gasteiger partial charge in [0.15, 0.2) is 0 Å². The molecule has 0 aliphatic carbocycles. The molecular formula is C17H18N2O2. The number of phenols is 1. The molecular weight excluding hydrogens is 264 g/mol. The third-order valence-electron chi connectivity index (χ3n) is 3.43. The number of hydrogen-bond acceptors (Lipinski definition) is 4. The Labute approximate surface area is 124 Å². The van der Waals surface area contributed by atoms with Crippen molar-refractivity contribution >= 4 is 6.08 Å². The lowest BCUT2D eigenvalue weighted by molar-refractivity contribution is 0.463. The predicted octanol–water partition coefficient (Wildman–Crippen LogP) is 3.34. The quantitative estimate of drug-likeness (QED) is 0.903. The maximum atomic E-state index is 9.26. The van der Waals surface area contributed by atoms with Gasteiger partial charge in [0.05, 0.1) is 6.20 Å². The van der Waals surface area contributed by atoms with E-state index in [1.165, 1.54) is 12.8 Å². The molecule has 0 saturated carbocycles. The van der Waals surface area contributed by atoms with E-state index in [4.69, 9.17) is 4.74 Å². The van der Waals surface area contributed by atoms with Crippen molar-refractivity contribution < 1.29 is 9.84 Å². The number of aromatic nitrogens is 1. The number of nitrogens with one attached hydrogen (secondary N) is 1. The van der Waals surface area contributed by atoms with Crippen LogP contribution in [-0.4, -0.2) is 22.7 Å². The smallest absolute Gasteiger partial charge is 0.146 e. The van der Waals surface area contributed by atoms with E-state index < -0.39 is 0 Å². The maximum Gasteiger partial charge on any atom is 0.146 e. The summed E-state index contributed by atoms with van der Waals surface area (Å²) >= 11 is 0. The minimum Gasteiger partial charge on any atom is -0.508 e. The molecule has 1 atom stereocenters. The molecule has 108 valence electrons. The van der Waals surface area contributed by atoms with Gasteiger partial charge in [-0.05, 0) is 55.3 Å². The van der Waals surface area contributed by atoms with Crippen LogP contribution >= 0.6 is 0 Å². The van der Waals surface area contributed by atoms with Gasteiger partial charge in [0.1, 0.15) is 17.2 Å². The first kappa shape index (κ1) is 13.6. The average Bonchev–Trinajstić information content (AvgIpc) is 3.01. The van der Waals surface area contributed by atoms with Crippen LogP contribution in [0.1, 0.15) is 18.4 Å². The van der Waals surface area contributed by atoms with Crippen LogP contribution in [0.25, 0.3) is 6.08 Å². The molecule has 0 spiro atoms. The molecule has 0 unspecified atom stereocenters. The molecule has 1 aromatic carbocycles. The predicted molar refractivity (Wildman–Crippen MR) is 82.5 cm³/mol. The molecule has 1 aliphatic heterocycles. The van der Waals surface area contributed by atoms with Gasteiger partial charge in [-0.2, -0.15) is 0 Å². The summed E-state index contributed by atoms with van der Waals surface area (Å²) in [6.07, 6.45) is 10.2. The van der Waals surface area contributed by atoms with Crippen molar-refractivity contribution in [2.75, 3.05) is 6.54 Å². The molecule has 4 heteroatoms. The number of phenolic OH excluding ortho intramolecular Hbond substituents is 1. The SMILES string of the molecule is Oc1ccc(Oc2cncc(C=C[C@H]3CCCN3)c2)cc1. The summed E-state index contributed by atoms with van der Waals surface area (Å²) in [4.78, 5) is 4.20. The Bertz CT molecular complexity index is 617. The summed E-state index contributed by atoms with van der Waals surface area (Å²) in [5.74, 6) is 1.58. The van der Waals surface area contributed by atoms with Gasteiger partial charge in [-0.15, -0.1) is 0 Å². The zero-order valence-electron chi connectivity index (χ0n) is 11.7. The molecule has 1 aromatic heterocycles. The highest BCUT2D eigenvalue weighted by atomic mass is 16.5. The first-order chi connectivity index (χ1) is 10.3. The second kappa shape index (κ2) is 6.41. The van der Waals surface area contributed by atoms with Crippen molar-refractivity contribution in [3.63, 3.8) is 0 Å². The molecule has 3 rings (SSSR count). The van der Waals surface area contributed by atoms with Crippen LogP contribution in [0.15, 0.2) is 48.8 Å². The number of hydrogen-bond donors (Lipinski definition) is 2. The second-order valence-corrected chi connectivity index (χ2v) is 5.11. The first-order valence-electron chi connectivity index (χ1n) is 7.13. The number of rotatable bonds is 4. The van der Waals surface area contributed by atoms with Crippen LogP contribution in [0.5, 0.6) is 17.2 Å². The standard InChI is InChI=1S/C17H18N2O2/c20-15-5-7-16(8-6-15)21-17-10-13(11-18-12-17)3-4-14-2-1-9-19-14/h3-8,10-12,14,19-20H,1-2,9H2/t14-/m1/s1. The van der Waals surface area contributed by atoms with Gasteiger partial charge in [0.25, 0.3) is 0 Å². The molecule has 1 aliphatic rings. The monoisotopic (exact) mass is 282 g/mol. The highest BCUT2D eigenvalue weighted by Gasteiger charge is 2.09. The van der Waals surface area contributed by atoms with Crippen LogP contribution in [0.3, 0.4) is 0 Å². The Morgan fingerprint density at radius 2 is 2.05 bits per heavy atom. The Hall–Kier alpha value is -2.33. The van der Waals surface area contributed by atoms with Gasteiger partial charge in [-0.3, -0.25) is 4.98 Å². The number of pyridine rings is 1. The summed E-state index contributed by atoms with van der Waals surface area (Å²) in [6, 6.07) is 9.05. The minimum atomic E-state index is 0.223. The molecule has 21 heavy (non-hydrogen) atoms. The fourth-order valence-corrected chi connectivity index (χ4v) is 2.34. The van der Waals surface area contributed by atoms with Crippen molar-refractivity contribution in [1.29, 1.82) is 0 Å². The van der Waals surface area contributed by atoms with Crippen molar-refractivity contribution in [3.8, 4) is 17.2 Å². The molecule has 1 fully saturated rings. The van der Waals surface area contributed by atoms with Gasteiger partial charge >= 0.3 is 0 Å². The van der Waals surface area contributed by atoms with Crippen LogP contribution in [-0.2, 0) is 0 Å². The average molecular weight is 282 g/mol. The summed E-state index contributed by atoms with van der Waals surface area (Å²) in [5, 5.41) is 12.7. The Morgan fingerprint density at radius 3 is 2.81 bits per heavy atom. The molecule has 0 radical (unpaired) electrons. The van der Waals surface area contributed by atoms with E-state index in [0.717, 1.165) is 12.1 Å². The lowest BCUT2D eigenvalue weighted by Gasteiger charge is -2.06. The van der Waals surface area contributed by atoms with E-state index >= 15 is 0 Å². The van der Waals surface area contributed by atoms with E-state index in [-0.39, 0.29) is 5.75 Å². The van der Waals surface area contributed by atoms with Gasteiger partial charge < -0.3 is 15.2 Å². The summed E-state index contributed by atoms with van der Waals surface area (Å²) < 4.78 is 5.72. The van der Waals surface area contributed by atoms with Crippen LogP contribution in [0.2, 0.25) is 0 Å². The van der Waals surface area contributed by atoms with Gasteiger partial charge in [-0.25, -0.2) is 0 Å². The lowest BCUT2D eigenvalue weighted by atomic mass is 10.2. The van der Waals surface area contributed by atoms with E-state index in [9.17, 15) is 5.11 Å². The minimum absolute atomic E-state index is 0.223. The van der Waals surface area contributed by atoms with Gasteiger partial charge in [0, 0.05) is 12.2 Å². The largest absolute Gasteiger partial charge is 0.508 e. The third-order valence-corrected chi connectivity index (χ3v) is 3.43. The molecule has 0 amide bonds. The fraction of sp³-hybridized carbons (Fsp3) is 0.235. The van der Waals surface area contributed by atoms with Crippen molar-refractivity contribution in [2.24, 2.45) is 0 Å². The Balaban J connectivity index is 1.69. The van der Waals surface area contributed by atoms with Crippen molar-refractivity contribution in [3.05, 3.63) is 54.4 Å². The molecule has 4 nitrogen and oxygen atoms in total. The van der Waals surface area contributed by atoms with Crippen molar-refractivity contribution in [2.45, 2.75) is 18.9 Å². The summed E-state index contributed by atoms with van der Waals surface area (Å²) in [5.41, 5.74) is 1.01. The zero-order valence-corrected chi connectivity index (χ0v) is 11.7. The Morgan fingerprint density at radius 1 is 1.19 bits per heavy atom. The zero-order chi connectivity index (χ0) is 14.5. The summed E-state index contributed by atoms with van der Waals surface area (Å²) in [7, 11) is 0. The number of nitrogens with zero attached hydrogens (tertiary/aromatic N) is 1. The van der Waals surface area contributed by atoms with Crippen LogP contribution in [0, 0.1) is 0 Å². The Kier molecular flexibility index (Phi) is 4.17. The normalized spacial score (nSPS) is 18.2. The van der Waals surface area contributed by atoms with Crippen LogP contribution < -0.4 is 10.1 Å².